The van der Waals surface area contributed by atoms with Gasteiger partial charge >= 0.3 is 18.4 Å². The molecule has 2 fully saturated rings. The van der Waals surface area contributed by atoms with Crippen molar-refractivity contribution in [2.75, 3.05) is 13.1 Å². The van der Waals surface area contributed by atoms with Gasteiger partial charge in [-0.25, -0.2) is 4.79 Å². The van der Waals surface area contributed by atoms with Gasteiger partial charge in [0, 0.05) is 19.6 Å². The SMILES string of the molecule is O=C(O)N1CCC(CC2CC2)(C(=O)NCc2cc(C(F)(F)F)cc(C(F)(F)F)c2)CC1. The molecular formula is C20H22F6N2O3. The van der Waals surface area contributed by atoms with Crippen molar-refractivity contribution >= 4 is 12.0 Å². The number of hydrogen-bond acceptors (Lipinski definition) is 2. The van der Waals surface area contributed by atoms with E-state index in [0.29, 0.717) is 24.5 Å². The summed E-state index contributed by atoms with van der Waals surface area (Å²) in [5.41, 5.74) is -4.05. The number of hydrogen-bond donors (Lipinski definition) is 2. The topological polar surface area (TPSA) is 69.6 Å². The van der Waals surface area contributed by atoms with E-state index in [1.165, 1.54) is 4.90 Å². The second-order valence-corrected chi connectivity index (χ2v) is 8.29. The average molecular weight is 452 g/mol. The highest BCUT2D eigenvalue weighted by molar-refractivity contribution is 5.83. The molecule has 0 spiro atoms. The molecule has 0 radical (unpaired) electrons. The number of piperidine rings is 1. The fraction of sp³-hybridized carbons (Fsp3) is 0.600. The summed E-state index contributed by atoms with van der Waals surface area (Å²) in [5.74, 6) is -0.136. The van der Waals surface area contributed by atoms with E-state index in [1.54, 1.807) is 0 Å². The van der Waals surface area contributed by atoms with E-state index in [9.17, 15) is 35.9 Å². The number of likely N-dealkylation sites (tertiary alicyclic amines) is 1. The molecule has 1 saturated carbocycles. The minimum absolute atomic E-state index is 0.0432. The van der Waals surface area contributed by atoms with Crippen LogP contribution < -0.4 is 5.32 Å². The first kappa shape index (κ1) is 23.2. The zero-order valence-corrected chi connectivity index (χ0v) is 16.4. The van der Waals surface area contributed by atoms with Crippen molar-refractivity contribution in [3.8, 4) is 0 Å². The van der Waals surface area contributed by atoms with Crippen LogP contribution in [-0.4, -0.2) is 35.1 Å². The maximum Gasteiger partial charge on any atom is 0.416 e. The minimum Gasteiger partial charge on any atom is -0.465 e. The summed E-state index contributed by atoms with van der Waals surface area (Å²) in [6, 6.07) is 1.23. The molecule has 172 valence electrons. The van der Waals surface area contributed by atoms with E-state index in [1.807, 2.05) is 0 Å². The van der Waals surface area contributed by atoms with E-state index < -0.39 is 47.4 Å². The second kappa shape index (κ2) is 8.23. The number of halogens is 6. The fourth-order valence-corrected chi connectivity index (χ4v) is 4.02. The van der Waals surface area contributed by atoms with Gasteiger partial charge < -0.3 is 15.3 Å². The van der Waals surface area contributed by atoms with Gasteiger partial charge in [0.1, 0.15) is 0 Å². The third-order valence-electron chi connectivity index (χ3n) is 5.95. The minimum atomic E-state index is -4.96. The summed E-state index contributed by atoms with van der Waals surface area (Å²) in [6.45, 7) is -0.185. The van der Waals surface area contributed by atoms with Crippen LogP contribution >= 0.6 is 0 Å². The highest BCUT2D eigenvalue weighted by atomic mass is 19.4. The first-order chi connectivity index (χ1) is 14.3. The molecule has 1 aliphatic carbocycles. The summed E-state index contributed by atoms with van der Waals surface area (Å²) >= 11 is 0. The molecule has 1 aliphatic heterocycles. The van der Waals surface area contributed by atoms with Crippen LogP contribution in [0.1, 0.15) is 48.8 Å². The fourth-order valence-electron chi connectivity index (χ4n) is 4.02. The second-order valence-electron chi connectivity index (χ2n) is 8.29. The van der Waals surface area contributed by atoms with Crippen molar-refractivity contribution in [2.45, 2.75) is 51.0 Å². The standard InChI is InChI=1S/C20H22F6N2O3/c21-19(22,23)14-7-13(8-15(9-14)20(24,25)26)11-27-16(29)18(10-12-1-2-12)3-5-28(6-4-18)17(30)31/h7-9,12H,1-6,10-11H2,(H,27,29)(H,30,31). The Morgan fingerprint density at radius 1 is 1.00 bits per heavy atom. The Balaban J connectivity index is 1.77. The highest BCUT2D eigenvalue weighted by Gasteiger charge is 2.45. The van der Waals surface area contributed by atoms with Gasteiger partial charge in [-0.15, -0.1) is 0 Å². The molecular weight excluding hydrogens is 430 g/mol. The molecule has 1 saturated heterocycles. The lowest BCUT2D eigenvalue weighted by Gasteiger charge is -2.40. The van der Waals surface area contributed by atoms with E-state index in [-0.39, 0.29) is 37.6 Å². The summed E-state index contributed by atoms with van der Waals surface area (Å²) < 4.78 is 78.2. The van der Waals surface area contributed by atoms with Crippen LogP contribution in [0.3, 0.4) is 0 Å². The maximum atomic E-state index is 13.0. The number of alkyl halides is 6. The number of nitrogens with one attached hydrogen (secondary N) is 1. The van der Waals surface area contributed by atoms with Gasteiger partial charge in [0.2, 0.25) is 5.91 Å². The van der Waals surface area contributed by atoms with Crippen molar-refractivity contribution in [3.63, 3.8) is 0 Å². The molecule has 2 N–H and O–H groups in total. The molecule has 3 rings (SSSR count). The molecule has 0 bridgehead atoms. The van der Waals surface area contributed by atoms with Gasteiger partial charge in [-0.1, -0.05) is 12.8 Å². The van der Waals surface area contributed by atoms with Crippen molar-refractivity contribution in [1.82, 2.24) is 10.2 Å². The number of rotatable bonds is 5. The zero-order chi connectivity index (χ0) is 23.0. The average Bonchev–Trinajstić information content (AvgIpc) is 3.48. The lowest BCUT2D eigenvalue weighted by molar-refractivity contribution is -0.143. The summed E-state index contributed by atoms with van der Waals surface area (Å²) in [7, 11) is 0. The molecule has 1 aromatic rings. The predicted molar refractivity (Wildman–Crippen MR) is 96.9 cm³/mol. The van der Waals surface area contributed by atoms with Crippen LogP contribution in [0.4, 0.5) is 31.1 Å². The summed E-state index contributed by atoms with van der Waals surface area (Å²) in [5, 5.41) is 11.6. The molecule has 31 heavy (non-hydrogen) atoms. The Bertz CT molecular complexity index is 808. The Morgan fingerprint density at radius 3 is 1.94 bits per heavy atom. The predicted octanol–water partition coefficient (Wildman–Crippen LogP) is 4.90. The first-order valence-electron chi connectivity index (χ1n) is 9.85. The van der Waals surface area contributed by atoms with Gasteiger partial charge in [0.05, 0.1) is 16.5 Å². The molecule has 1 aromatic carbocycles. The summed E-state index contributed by atoms with van der Waals surface area (Å²) in [6.07, 6.45) is -8.07. The van der Waals surface area contributed by atoms with Crippen molar-refractivity contribution < 1.29 is 41.0 Å². The normalized spacial score (nSPS) is 19.2. The molecule has 5 nitrogen and oxygen atoms in total. The first-order valence-corrected chi connectivity index (χ1v) is 9.85. The Hall–Kier alpha value is -2.46. The maximum absolute atomic E-state index is 13.0. The number of nitrogens with zero attached hydrogens (tertiary/aromatic N) is 1. The largest absolute Gasteiger partial charge is 0.465 e. The molecule has 11 heteroatoms. The summed E-state index contributed by atoms with van der Waals surface area (Å²) in [4.78, 5) is 25.3. The van der Waals surface area contributed by atoms with Crippen LogP contribution in [0.2, 0.25) is 0 Å². The monoisotopic (exact) mass is 452 g/mol. The van der Waals surface area contributed by atoms with E-state index in [2.05, 4.69) is 5.32 Å². The van der Waals surface area contributed by atoms with Crippen LogP contribution in [0, 0.1) is 11.3 Å². The van der Waals surface area contributed by atoms with Gasteiger partial charge in [-0.3, -0.25) is 4.79 Å². The van der Waals surface area contributed by atoms with Gasteiger partial charge in [-0.05, 0) is 48.9 Å². The van der Waals surface area contributed by atoms with Crippen LogP contribution in [-0.2, 0) is 23.7 Å². The van der Waals surface area contributed by atoms with Crippen molar-refractivity contribution in [2.24, 2.45) is 11.3 Å². The lowest BCUT2D eigenvalue weighted by Crippen LogP contribution is -2.50. The number of carbonyl (C=O) groups excluding carboxylic acids is 1. The van der Waals surface area contributed by atoms with E-state index in [4.69, 9.17) is 5.11 Å². The lowest BCUT2D eigenvalue weighted by atomic mass is 9.73. The Labute approximate surface area is 174 Å². The molecule has 2 amide bonds. The molecule has 0 aromatic heterocycles. The Morgan fingerprint density at radius 2 is 1.52 bits per heavy atom. The van der Waals surface area contributed by atoms with Crippen LogP contribution in [0.15, 0.2) is 18.2 Å². The third-order valence-corrected chi connectivity index (χ3v) is 5.95. The van der Waals surface area contributed by atoms with Crippen LogP contribution in [0.25, 0.3) is 0 Å². The third kappa shape index (κ3) is 5.62. The van der Waals surface area contributed by atoms with Gasteiger partial charge in [0.15, 0.2) is 0 Å². The smallest absolute Gasteiger partial charge is 0.416 e. The zero-order valence-electron chi connectivity index (χ0n) is 16.4. The molecule has 1 heterocycles. The number of carboxylic acid groups (broad SMARTS) is 1. The Kier molecular flexibility index (Phi) is 6.16. The highest BCUT2D eigenvalue weighted by Crippen LogP contribution is 2.46. The van der Waals surface area contributed by atoms with Gasteiger partial charge in [-0.2, -0.15) is 26.3 Å². The van der Waals surface area contributed by atoms with Crippen molar-refractivity contribution in [3.05, 3.63) is 34.9 Å². The number of benzene rings is 1. The van der Waals surface area contributed by atoms with Crippen LogP contribution in [0.5, 0.6) is 0 Å². The van der Waals surface area contributed by atoms with E-state index >= 15 is 0 Å². The molecule has 0 atom stereocenters. The van der Waals surface area contributed by atoms with Gasteiger partial charge in [0.25, 0.3) is 0 Å². The van der Waals surface area contributed by atoms with E-state index in [0.717, 1.165) is 12.8 Å². The number of carbonyl (C=O) groups is 2. The molecule has 2 aliphatic rings. The number of amides is 2. The quantitative estimate of drug-likeness (QED) is 0.625. The molecule has 0 unspecified atom stereocenters. The van der Waals surface area contributed by atoms with Crippen molar-refractivity contribution in [1.29, 1.82) is 0 Å².